The number of phenolic OH excluding ortho intramolecular Hbond substituents is 2. The molecule has 15 nitrogen and oxygen atoms in total. The molecule has 2 aromatic carbocycles. The number of carbonyl (C=O) groups is 5. The van der Waals surface area contributed by atoms with Crippen LogP contribution in [0.3, 0.4) is 0 Å². The van der Waals surface area contributed by atoms with E-state index in [1.54, 1.807) is 6.07 Å². The smallest absolute Gasteiger partial charge is 0.534 e. The molecule has 8 N–H and O–H groups in total. The van der Waals surface area contributed by atoms with Gasteiger partial charge in [0.15, 0.2) is 11.5 Å². The third-order valence-electron chi connectivity index (χ3n) is 6.60. The van der Waals surface area contributed by atoms with E-state index >= 15 is 0 Å². The third kappa shape index (κ3) is 5.84. The van der Waals surface area contributed by atoms with Crippen LogP contribution < -0.4 is 21.0 Å². The van der Waals surface area contributed by atoms with E-state index in [2.05, 4.69) is 10.6 Å². The summed E-state index contributed by atoms with van der Waals surface area (Å²) in [6.45, 7) is 0.0266. The number of amides is 5. The summed E-state index contributed by atoms with van der Waals surface area (Å²) in [5, 5.41) is 44.2. The number of halogens is 1. The van der Waals surface area contributed by atoms with Gasteiger partial charge in [-0.2, -0.15) is 0 Å². The summed E-state index contributed by atoms with van der Waals surface area (Å²) in [5.41, 5.74) is 5.45. The van der Waals surface area contributed by atoms with Crippen LogP contribution in [-0.4, -0.2) is 99.1 Å². The lowest BCUT2D eigenvalue weighted by atomic mass is 9.72. The van der Waals surface area contributed by atoms with Crippen LogP contribution in [-0.2, 0) is 20.8 Å². The van der Waals surface area contributed by atoms with Crippen molar-refractivity contribution in [1.82, 2.24) is 20.4 Å². The molecule has 41 heavy (non-hydrogen) atoms. The maximum Gasteiger partial charge on any atom is 0.547 e. The second-order valence-corrected chi connectivity index (χ2v) is 9.56. The van der Waals surface area contributed by atoms with Crippen LogP contribution in [0.25, 0.3) is 0 Å². The zero-order valence-corrected chi connectivity index (χ0v) is 22.0. The number of aromatic hydroxyl groups is 2. The normalized spacial score (nSPS) is 17.4. The number of hydrogen-bond donors (Lipinski definition) is 7. The molecule has 0 bridgehead atoms. The first-order chi connectivity index (χ1) is 19.4. The molecule has 2 atom stereocenters. The molecule has 2 aromatic rings. The number of nitrogens with one attached hydrogen (secondary N) is 2. The van der Waals surface area contributed by atoms with Crippen LogP contribution in [0.15, 0.2) is 30.3 Å². The van der Waals surface area contributed by atoms with Crippen molar-refractivity contribution in [3.8, 4) is 17.2 Å². The lowest BCUT2D eigenvalue weighted by Crippen LogP contribution is -2.60. The largest absolute Gasteiger partial charge is 0.547 e. The Hall–Kier alpha value is -4.54. The first kappa shape index (κ1) is 29.4. The predicted molar refractivity (Wildman–Crippen MR) is 141 cm³/mol. The number of para-hydroxylation sites is 1. The number of piperazine rings is 1. The Bertz CT molecular complexity index is 1430. The van der Waals surface area contributed by atoms with Crippen molar-refractivity contribution < 1.29 is 49.0 Å². The number of imide groups is 1. The first-order valence-electron chi connectivity index (χ1n) is 12.3. The van der Waals surface area contributed by atoms with E-state index in [1.807, 2.05) is 0 Å². The average molecular weight is 590 g/mol. The Kier molecular flexibility index (Phi) is 8.56. The second kappa shape index (κ2) is 11.9. The zero-order valence-electron chi connectivity index (χ0n) is 21.2. The fourth-order valence-electron chi connectivity index (χ4n) is 4.50. The molecule has 2 aliphatic rings. The van der Waals surface area contributed by atoms with Gasteiger partial charge in [0.05, 0.1) is 16.5 Å². The number of hydrogen-bond acceptors (Lipinski definition) is 10. The minimum Gasteiger partial charge on any atom is -0.534 e. The maximum absolute atomic E-state index is 13.5. The molecule has 216 valence electrons. The van der Waals surface area contributed by atoms with Gasteiger partial charge in [0.2, 0.25) is 5.91 Å². The van der Waals surface area contributed by atoms with Crippen LogP contribution in [0.5, 0.6) is 17.2 Å². The van der Waals surface area contributed by atoms with Gasteiger partial charge in [-0.15, -0.1) is 0 Å². The minimum absolute atomic E-state index is 0.0101. The van der Waals surface area contributed by atoms with E-state index in [0.717, 1.165) is 12.1 Å². The highest BCUT2D eigenvalue weighted by molar-refractivity contribution is 6.47. The van der Waals surface area contributed by atoms with E-state index in [1.165, 1.54) is 17.0 Å². The lowest BCUT2D eigenvalue weighted by molar-refractivity contribution is -0.153. The molecule has 5 amide bonds. The molecule has 4 rings (SSSR count). The molecular weight excluding hydrogens is 565 g/mol. The van der Waals surface area contributed by atoms with Gasteiger partial charge >= 0.3 is 30.9 Å². The molecule has 2 heterocycles. The van der Waals surface area contributed by atoms with Crippen molar-refractivity contribution in [2.75, 3.05) is 26.2 Å². The summed E-state index contributed by atoms with van der Waals surface area (Å²) in [5.74, 6) is -6.95. The standard InChI is InChI=1S/C24H25BClN5O10/c26-16-12(4-5-14(32)18(16)33)17(29-24(39)31-9-8-30(7-6-27)21(35)22(31)36)20(34)28-15-10-11-2-1-3-13(23(37)38)19(11)41-25(15)40/h1-5,15,17,32-33,40H,6-10,27H2,(H,28,34)(H,29,39)(H,37,38)/t15-,17?/m0/s1. The van der Waals surface area contributed by atoms with E-state index in [-0.39, 0.29) is 49.5 Å². The maximum atomic E-state index is 13.5. The van der Waals surface area contributed by atoms with Gasteiger partial charge in [0.1, 0.15) is 11.8 Å². The van der Waals surface area contributed by atoms with Crippen LogP contribution in [0.4, 0.5) is 4.79 Å². The highest BCUT2D eigenvalue weighted by Crippen LogP contribution is 2.38. The quantitative estimate of drug-likeness (QED) is 0.117. The number of aromatic carboxylic acids is 1. The van der Waals surface area contributed by atoms with E-state index in [4.69, 9.17) is 22.0 Å². The number of rotatable bonds is 7. The highest BCUT2D eigenvalue weighted by atomic mass is 35.5. The SMILES string of the molecule is NCCN1CCN(C(=O)NC(C(=O)N[C@H]2Cc3cccc(C(=O)O)c3OB2O)c2ccc(O)c(O)c2Cl)C(=O)C1=O. The number of phenols is 2. The average Bonchev–Trinajstić information content (AvgIpc) is 2.93. The number of fused-ring (bicyclic) bond motifs is 1. The Balaban J connectivity index is 1.60. The number of urea groups is 1. The van der Waals surface area contributed by atoms with Crippen LogP contribution >= 0.6 is 11.6 Å². The lowest BCUT2D eigenvalue weighted by Gasteiger charge is -2.34. The van der Waals surface area contributed by atoms with Gasteiger partial charge in [0, 0.05) is 31.7 Å². The van der Waals surface area contributed by atoms with Crippen LogP contribution in [0, 0.1) is 0 Å². The van der Waals surface area contributed by atoms with Gasteiger partial charge in [-0.1, -0.05) is 29.8 Å². The molecule has 0 aromatic heterocycles. The summed E-state index contributed by atoms with van der Waals surface area (Å²) in [7, 11) is -1.69. The Morgan fingerprint density at radius 3 is 2.56 bits per heavy atom. The Morgan fingerprint density at radius 2 is 1.88 bits per heavy atom. The zero-order chi connectivity index (χ0) is 30.0. The van der Waals surface area contributed by atoms with Gasteiger partial charge < -0.3 is 46.3 Å². The van der Waals surface area contributed by atoms with E-state index < -0.39 is 65.3 Å². The molecule has 0 aliphatic carbocycles. The number of nitrogens with zero attached hydrogens (tertiary/aromatic N) is 2. The molecule has 0 spiro atoms. The summed E-state index contributed by atoms with van der Waals surface area (Å²) >= 11 is 6.17. The van der Waals surface area contributed by atoms with Crippen molar-refractivity contribution in [1.29, 1.82) is 0 Å². The summed E-state index contributed by atoms with van der Waals surface area (Å²) in [6, 6.07) is 3.65. The molecule has 2 aliphatic heterocycles. The van der Waals surface area contributed by atoms with Gasteiger partial charge in [-0.05, 0) is 24.1 Å². The molecule has 1 unspecified atom stereocenters. The third-order valence-corrected chi connectivity index (χ3v) is 6.99. The Labute approximate surface area is 237 Å². The van der Waals surface area contributed by atoms with E-state index in [0.29, 0.717) is 10.5 Å². The number of carboxylic acid groups (broad SMARTS) is 1. The molecule has 1 saturated heterocycles. The fraction of sp³-hybridized carbons (Fsp3) is 0.292. The van der Waals surface area contributed by atoms with E-state index in [9.17, 15) is 44.3 Å². The van der Waals surface area contributed by atoms with Crippen molar-refractivity contribution in [2.45, 2.75) is 18.4 Å². The highest BCUT2D eigenvalue weighted by Gasteiger charge is 2.41. The van der Waals surface area contributed by atoms with Crippen LogP contribution in [0.1, 0.15) is 27.5 Å². The van der Waals surface area contributed by atoms with Gasteiger partial charge in [-0.25, -0.2) is 9.59 Å². The summed E-state index contributed by atoms with van der Waals surface area (Å²) < 4.78 is 5.38. The second-order valence-electron chi connectivity index (χ2n) is 9.18. The minimum atomic E-state index is -1.70. The topological polar surface area (TPSA) is 232 Å². The van der Waals surface area contributed by atoms with Crippen LogP contribution in [0.2, 0.25) is 5.02 Å². The van der Waals surface area contributed by atoms with Gasteiger partial charge in [0.25, 0.3) is 0 Å². The summed E-state index contributed by atoms with van der Waals surface area (Å²) in [6.07, 6.45) is -0.0608. The molecule has 0 saturated carbocycles. The number of carbonyl (C=O) groups excluding carboxylic acids is 4. The van der Waals surface area contributed by atoms with Crippen molar-refractivity contribution in [3.05, 3.63) is 52.0 Å². The monoisotopic (exact) mass is 589 g/mol. The summed E-state index contributed by atoms with van der Waals surface area (Å²) in [4.78, 5) is 64.9. The Morgan fingerprint density at radius 1 is 1.15 bits per heavy atom. The number of carboxylic acids is 1. The van der Waals surface area contributed by atoms with Crippen molar-refractivity contribution in [2.24, 2.45) is 5.73 Å². The molecular formula is C24H25BClN5O10. The fourth-order valence-corrected chi connectivity index (χ4v) is 4.77. The number of benzene rings is 2. The molecule has 17 heteroatoms. The van der Waals surface area contributed by atoms with Gasteiger partial charge in [-0.3, -0.25) is 19.3 Å². The number of nitrogens with two attached hydrogens (primary N) is 1. The van der Waals surface area contributed by atoms with Crippen molar-refractivity contribution in [3.63, 3.8) is 0 Å². The predicted octanol–water partition coefficient (Wildman–Crippen LogP) is -1.03. The molecule has 0 radical (unpaired) electrons. The first-order valence-corrected chi connectivity index (χ1v) is 12.6. The van der Waals surface area contributed by atoms with Crippen molar-refractivity contribution >= 4 is 48.4 Å². The molecule has 1 fully saturated rings.